The van der Waals surface area contributed by atoms with E-state index in [0.29, 0.717) is 17.6 Å². The molecule has 0 spiro atoms. The molecular formula is C14H27NO2S. The molecule has 4 unspecified atom stereocenters. The summed E-state index contributed by atoms with van der Waals surface area (Å²) in [6.45, 7) is 2.21. The molecule has 2 N–H and O–H groups in total. The number of rotatable bonds is 3. The highest BCUT2D eigenvalue weighted by Gasteiger charge is 2.40. The van der Waals surface area contributed by atoms with E-state index in [1.165, 1.54) is 19.3 Å². The molecule has 2 aliphatic rings. The third-order valence-electron chi connectivity index (χ3n) is 5.04. The summed E-state index contributed by atoms with van der Waals surface area (Å²) in [5.41, 5.74) is 6.39. The topological polar surface area (TPSA) is 60.2 Å². The molecule has 0 aromatic carbocycles. The van der Waals surface area contributed by atoms with Gasteiger partial charge in [-0.3, -0.25) is 0 Å². The molecule has 3 nitrogen and oxygen atoms in total. The van der Waals surface area contributed by atoms with Crippen LogP contribution in [0.2, 0.25) is 0 Å². The van der Waals surface area contributed by atoms with E-state index in [1.54, 1.807) is 0 Å². The van der Waals surface area contributed by atoms with Gasteiger partial charge in [-0.05, 0) is 31.1 Å². The smallest absolute Gasteiger partial charge is 0.154 e. The highest BCUT2D eigenvalue weighted by atomic mass is 32.2. The van der Waals surface area contributed by atoms with Gasteiger partial charge in [-0.2, -0.15) is 0 Å². The quantitative estimate of drug-likeness (QED) is 0.859. The van der Waals surface area contributed by atoms with E-state index in [2.05, 4.69) is 6.92 Å². The molecular weight excluding hydrogens is 246 g/mol. The molecule has 1 saturated carbocycles. The second kappa shape index (κ2) is 5.91. The Morgan fingerprint density at radius 2 is 1.78 bits per heavy atom. The lowest BCUT2D eigenvalue weighted by Gasteiger charge is -2.39. The Balaban J connectivity index is 2.11. The Bertz CT molecular complexity index is 366. The molecule has 4 atom stereocenters. The van der Waals surface area contributed by atoms with Crippen LogP contribution in [-0.4, -0.2) is 25.5 Å². The van der Waals surface area contributed by atoms with Crippen molar-refractivity contribution in [3.05, 3.63) is 0 Å². The summed E-state index contributed by atoms with van der Waals surface area (Å²) in [7, 11) is -2.93. The summed E-state index contributed by atoms with van der Waals surface area (Å²) < 4.78 is 24.4. The lowest BCUT2D eigenvalue weighted by Crippen LogP contribution is -2.50. The molecule has 4 heteroatoms. The first kappa shape index (κ1) is 14.3. The minimum atomic E-state index is -2.93. The van der Waals surface area contributed by atoms with Crippen molar-refractivity contribution in [2.75, 3.05) is 5.75 Å². The zero-order chi connectivity index (χ0) is 13.2. The maximum absolute atomic E-state index is 12.2. The third-order valence-corrected chi connectivity index (χ3v) is 7.37. The number of hydrogen-bond acceptors (Lipinski definition) is 3. The molecule has 0 aromatic rings. The van der Waals surface area contributed by atoms with Crippen molar-refractivity contribution in [3.8, 4) is 0 Å². The summed E-state index contributed by atoms with van der Waals surface area (Å²) in [4.78, 5) is 0. The van der Waals surface area contributed by atoms with Crippen LogP contribution in [0.15, 0.2) is 0 Å². The van der Waals surface area contributed by atoms with Crippen LogP contribution in [0.25, 0.3) is 0 Å². The third kappa shape index (κ3) is 2.90. The standard InChI is InChI=1S/C14H27NO2S/c1-2-11-7-3-4-8-12(11)14(15)13-9-5-6-10-18(13,16)17/h11-14H,2-10,15H2,1H3. The van der Waals surface area contributed by atoms with Gasteiger partial charge in [0.15, 0.2) is 9.84 Å². The van der Waals surface area contributed by atoms with E-state index in [0.717, 1.165) is 32.1 Å². The van der Waals surface area contributed by atoms with Crippen molar-refractivity contribution in [2.24, 2.45) is 17.6 Å². The second-order valence-corrected chi connectivity index (χ2v) is 8.43. The maximum Gasteiger partial charge on any atom is 0.154 e. The Morgan fingerprint density at radius 1 is 1.11 bits per heavy atom. The lowest BCUT2D eigenvalue weighted by molar-refractivity contribution is 0.188. The number of hydrogen-bond donors (Lipinski definition) is 1. The van der Waals surface area contributed by atoms with Crippen LogP contribution in [0.3, 0.4) is 0 Å². The fourth-order valence-electron chi connectivity index (χ4n) is 3.94. The molecule has 0 bridgehead atoms. The summed E-state index contributed by atoms with van der Waals surface area (Å²) in [6.07, 6.45) is 8.67. The van der Waals surface area contributed by atoms with E-state index in [1.807, 2.05) is 0 Å². The normalized spacial score (nSPS) is 38.2. The number of nitrogens with two attached hydrogens (primary N) is 1. The molecule has 0 radical (unpaired) electrons. The van der Waals surface area contributed by atoms with Crippen molar-refractivity contribution < 1.29 is 8.42 Å². The summed E-state index contributed by atoms with van der Waals surface area (Å²) >= 11 is 0. The molecule has 1 heterocycles. The Morgan fingerprint density at radius 3 is 2.44 bits per heavy atom. The average molecular weight is 273 g/mol. The van der Waals surface area contributed by atoms with Gasteiger partial charge in [0.1, 0.15) is 0 Å². The minimum absolute atomic E-state index is 0.124. The zero-order valence-corrected chi connectivity index (χ0v) is 12.3. The fraction of sp³-hybridized carbons (Fsp3) is 1.00. The monoisotopic (exact) mass is 273 g/mol. The Labute approximate surface area is 111 Å². The lowest BCUT2D eigenvalue weighted by atomic mass is 9.73. The van der Waals surface area contributed by atoms with Gasteiger partial charge < -0.3 is 5.73 Å². The van der Waals surface area contributed by atoms with Crippen LogP contribution in [0.5, 0.6) is 0 Å². The van der Waals surface area contributed by atoms with E-state index in [-0.39, 0.29) is 11.3 Å². The first-order valence-electron chi connectivity index (χ1n) is 7.53. The molecule has 106 valence electrons. The van der Waals surface area contributed by atoms with E-state index in [9.17, 15) is 8.42 Å². The molecule has 1 saturated heterocycles. The molecule has 2 fully saturated rings. The largest absolute Gasteiger partial charge is 0.326 e. The highest BCUT2D eigenvalue weighted by molar-refractivity contribution is 7.92. The van der Waals surface area contributed by atoms with Crippen molar-refractivity contribution >= 4 is 9.84 Å². The Hall–Kier alpha value is -0.0900. The first-order valence-corrected chi connectivity index (χ1v) is 9.25. The van der Waals surface area contributed by atoms with E-state index < -0.39 is 9.84 Å². The van der Waals surface area contributed by atoms with Crippen LogP contribution in [0.4, 0.5) is 0 Å². The van der Waals surface area contributed by atoms with Crippen LogP contribution < -0.4 is 5.73 Å². The van der Waals surface area contributed by atoms with Crippen molar-refractivity contribution in [1.82, 2.24) is 0 Å². The van der Waals surface area contributed by atoms with Gasteiger partial charge in [-0.15, -0.1) is 0 Å². The summed E-state index contributed by atoms with van der Waals surface area (Å²) in [5.74, 6) is 1.43. The van der Waals surface area contributed by atoms with E-state index >= 15 is 0 Å². The van der Waals surface area contributed by atoms with Gasteiger partial charge in [-0.25, -0.2) is 8.42 Å². The van der Waals surface area contributed by atoms with Crippen molar-refractivity contribution in [3.63, 3.8) is 0 Å². The molecule has 0 aromatic heterocycles. The summed E-state index contributed by atoms with van der Waals surface area (Å²) in [6, 6.07) is -0.124. The first-order chi connectivity index (χ1) is 8.56. The fourth-order valence-corrected chi connectivity index (χ4v) is 6.05. The Kier molecular flexibility index (Phi) is 4.70. The maximum atomic E-state index is 12.2. The highest BCUT2D eigenvalue weighted by Crippen LogP contribution is 2.37. The van der Waals surface area contributed by atoms with Gasteiger partial charge in [0.25, 0.3) is 0 Å². The SMILES string of the molecule is CCC1CCCCC1C(N)C1CCCCS1(=O)=O. The average Bonchev–Trinajstić information content (AvgIpc) is 2.37. The molecule has 18 heavy (non-hydrogen) atoms. The zero-order valence-electron chi connectivity index (χ0n) is 11.5. The number of sulfone groups is 1. The van der Waals surface area contributed by atoms with Crippen molar-refractivity contribution in [2.45, 2.75) is 69.6 Å². The van der Waals surface area contributed by atoms with Crippen LogP contribution in [-0.2, 0) is 9.84 Å². The summed E-state index contributed by atoms with van der Waals surface area (Å²) in [5, 5.41) is -0.261. The molecule has 1 aliphatic carbocycles. The second-order valence-electron chi connectivity index (χ2n) is 6.10. The minimum Gasteiger partial charge on any atom is -0.326 e. The van der Waals surface area contributed by atoms with Gasteiger partial charge in [0, 0.05) is 6.04 Å². The van der Waals surface area contributed by atoms with Crippen LogP contribution >= 0.6 is 0 Å². The predicted octanol–water partition coefficient (Wildman–Crippen LogP) is 2.50. The van der Waals surface area contributed by atoms with Gasteiger partial charge >= 0.3 is 0 Å². The van der Waals surface area contributed by atoms with Crippen LogP contribution in [0, 0.1) is 11.8 Å². The van der Waals surface area contributed by atoms with Gasteiger partial charge in [-0.1, -0.05) is 39.0 Å². The van der Waals surface area contributed by atoms with Gasteiger partial charge in [0.2, 0.25) is 0 Å². The molecule has 0 amide bonds. The molecule has 1 aliphatic heterocycles. The van der Waals surface area contributed by atoms with E-state index in [4.69, 9.17) is 5.73 Å². The van der Waals surface area contributed by atoms with Gasteiger partial charge in [0.05, 0.1) is 11.0 Å². The van der Waals surface area contributed by atoms with Crippen molar-refractivity contribution in [1.29, 1.82) is 0 Å². The molecule has 2 rings (SSSR count). The predicted molar refractivity (Wildman–Crippen MR) is 75.1 cm³/mol. The van der Waals surface area contributed by atoms with Crippen LogP contribution in [0.1, 0.15) is 58.3 Å².